The summed E-state index contributed by atoms with van der Waals surface area (Å²) in [5, 5.41) is 0. The summed E-state index contributed by atoms with van der Waals surface area (Å²) in [6.45, 7) is 8.36. The van der Waals surface area contributed by atoms with Gasteiger partial charge in [0.1, 0.15) is 0 Å². The Kier molecular flexibility index (Phi) is 10.7. The van der Waals surface area contributed by atoms with Gasteiger partial charge >= 0.3 is 0 Å². The maximum Gasteiger partial charge on any atom is 0.0104 e. The molecule has 0 aliphatic carbocycles. The fraction of sp³-hybridized carbons (Fsp3) is 1.00. The molecule has 3 heteroatoms. The Bertz CT molecular complexity index is 46.3. The molecule has 0 aromatic rings. The van der Waals surface area contributed by atoms with Gasteiger partial charge in [0.25, 0.3) is 0 Å². The van der Waals surface area contributed by atoms with Gasteiger partial charge in [0.2, 0.25) is 0 Å². The van der Waals surface area contributed by atoms with Crippen molar-refractivity contribution in [1.82, 2.24) is 4.90 Å². The van der Waals surface area contributed by atoms with Crippen LogP contribution >= 0.6 is 0 Å². The van der Waals surface area contributed by atoms with E-state index in [0.717, 1.165) is 26.2 Å². The normalized spacial score (nSPS) is 9.33. The van der Waals surface area contributed by atoms with Crippen LogP contribution in [0.3, 0.4) is 0 Å². The number of nitrogens with zero attached hydrogens (tertiary/aromatic N) is 1. The molecule has 2 N–H and O–H groups in total. The molecule has 0 spiro atoms. The summed E-state index contributed by atoms with van der Waals surface area (Å²) in [5.74, 6) is 0. The molecule has 0 atom stereocenters. The lowest BCUT2D eigenvalue weighted by Gasteiger charge is -2.15. The summed E-state index contributed by atoms with van der Waals surface area (Å²) in [6.07, 6.45) is 0. The molecular formula is C6H20N2Si. The molecule has 0 saturated heterocycles. The molecule has 9 heavy (non-hydrogen) atoms. The SMILES string of the molecule is CCN(CC)CCN.[SiH4]. The van der Waals surface area contributed by atoms with E-state index in [0.29, 0.717) is 0 Å². The van der Waals surface area contributed by atoms with Crippen molar-refractivity contribution in [1.29, 1.82) is 0 Å². The van der Waals surface area contributed by atoms with Crippen LogP contribution in [0, 0.1) is 0 Å². The largest absolute Gasteiger partial charge is 0.329 e. The van der Waals surface area contributed by atoms with E-state index in [1.165, 1.54) is 0 Å². The van der Waals surface area contributed by atoms with Gasteiger partial charge in [-0.1, -0.05) is 13.8 Å². The van der Waals surface area contributed by atoms with Crippen molar-refractivity contribution >= 4 is 11.0 Å². The topological polar surface area (TPSA) is 29.3 Å². The zero-order chi connectivity index (χ0) is 6.41. The second-order valence-corrected chi connectivity index (χ2v) is 1.82. The van der Waals surface area contributed by atoms with E-state index >= 15 is 0 Å². The fourth-order valence-corrected chi connectivity index (χ4v) is 0.722. The molecule has 0 aliphatic rings. The lowest BCUT2D eigenvalue weighted by molar-refractivity contribution is 0.312. The number of nitrogens with two attached hydrogens (primary N) is 1. The van der Waals surface area contributed by atoms with Crippen LogP contribution in [0.15, 0.2) is 0 Å². The second kappa shape index (κ2) is 8.14. The zero-order valence-electron chi connectivity index (χ0n) is 5.85. The molecule has 0 heterocycles. The maximum atomic E-state index is 5.34. The molecule has 0 aliphatic heterocycles. The number of hydrogen-bond acceptors (Lipinski definition) is 2. The van der Waals surface area contributed by atoms with Crippen molar-refractivity contribution in [2.45, 2.75) is 13.8 Å². The molecule has 2 nitrogen and oxygen atoms in total. The highest BCUT2D eigenvalue weighted by molar-refractivity contribution is 5.75. The minimum Gasteiger partial charge on any atom is -0.329 e. The maximum absolute atomic E-state index is 5.34. The standard InChI is InChI=1S/C6H16N2.H4Si/c1-3-8(4-2)6-5-7;/h3-7H2,1-2H3;1H4. The summed E-state index contributed by atoms with van der Waals surface area (Å²) in [6, 6.07) is 0. The van der Waals surface area contributed by atoms with Crippen LogP contribution in [0.5, 0.6) is 0 Å². The smallest absolute Gasteiger partial charge is 0.0104 e. The molecule has 0 aromatic heterocycles. The number of rotatable bonds is 4. The average Bonchev–Trinajstić information content (AvgIpc) is 1.83. The summed E-state index contributed by atoms with van der Waals surface area (Å²) in [4.78, 5) is 2.31. The van der Waals surface area contributed by atoms with Crippen LogP contribution in [0.25, 0.3) is 0 Å². The molecule has 0 bridgehead atoms. The third-order valence-electron chi connectivity index (χ3n) is 1.34. The average molecular weight is 148 g/mol. The number of hydrogen-bond donors (Lipinski definition) is 1. The first-order valence-electron chi connectivity index (χ1n) is 3.27. The molecule has 0 fully saturated rings. The predicted octanol–water partition coefficient (Wildman–Crippen LogP) is -1.16. The van der Waals surface area contributed by atoms with E-state index in [9.17, 15) is 0 Å². The Morgan fingerprint density at radius 1 is 1.22 bits per heavy atom. The van der Waals surface area contributed by atoms with Crippen molar-refractivity contribution in [2.24, 2.45) is 5.73 Å². The van der Waals surface area contributed by atoms with E-state index in [4.69, 9.17) is 5.73 Å². The first-order valence-corrected chi connectivity index (χ1v) is 3.27. The summed E-state index contributed by atoms with van der Waals surface area (Å²) >= 11 is 0. The van der Waals surface area contributed by atoms with Crippen LogP contribution in [0.1, 0.15) is 13.8 Å². The Morgan fingerprint density at radius 2 is 1.67 bits per heavy atom. The minimum atomic E-state index is 0. The molecule has 0 rings (SSSR count). The minimum absolute atomic E-state index is 0. The highest BCUT2D eigenvalue weighted by Crippen LogP contribution is 1.81. The Balaban J connectivity index is 0. The van der Waals surface area contributed by atoms with Gasteiger partial charge in [-0.25, -0.2) is 0 Å². The van der Waals surface area contributed by atoms with Crippen LogP contribution < -0.4 is 5.73 Å². The van der Waals surface area contributed by atoms with Gasteiger partial charge in [-0.2, -0.15) is 0 Å². The van der Waals surface area contributed by atoms with Crippen LogP contribution in [0.4, 0.5) is 0 Å². The zero-order valence-corrected chi connectivity index (χ0v) is 5.85. The number of likely N-dealkylation sites (N-methyl/N-ethyl adjacent to an activating group) is 1. The van der Waals surface area contributed by atoms with Crippen molar-refractivity contribution < 1.29 is 0 Å². The van der Waals surface area contributed by atoms with Gasteiger partial charge < -0.3 is 10.6 Å². The molecule has 0 amide bonds. The van der Waals surface area contributed by atoms with Crippen molar-refractivity contribution in [2.75, 3.05) is 26.2 Å². The van der Waals surface area contributed by atoms with Crippen molar-refractivity contribution in [3.8, 4) is 0 Å². The Hall–Kier alpha value is 0.137. The molecule has 0 radical (unpaired) electrons. The highest BCUT2D eigenvalue weighted by Gasteiger charge is 1.92. The first kappa shape index (κ1) is 11.9. The second-order valence-electron chi connectivity index (χ2n) is 1.82. The van der Waals surface area contributed by atoms with E-state index in [-0.39, 0.29) is 11.0 Å². The van der Waals surface area contributed by atoms with Gasteiger partial charge in [0.15, 0.2) is 0 Å². The lowest BCUT2D eigenvalue weighted by atomic mass is 10.5. The quantitative estimate of drug-likeness (QED) is 0.509. The van der Waals surface area contributed by atoms with Crippen LogP contribution in [-0.2, 0) is 0 Å². The summed E-state index contributed by atoms with van der Waals surface area (Å²) in [5.41, 5.74) is 5.34. The summed E-state index contributed by atoms with van der Waals surface area (Å²) < 4.78 is 0. The highest BCUT2D eigenvalue weighted by atomic mass is 28.1. The summed E-state index contributed by atoms with van der Waals surface area (Å²) in [7, 11) is 0. The van der Waals surface area contributed by atoms with E-state index in [2.05, 4.69) is 18.7 Å². The van der Waals surface area contributed by atoms with Crippen LogP contribution in [0.2, 0.25) is 0 Å². The molecular weight excluding hydrogens is 128 g/mol. The van der Waals surface area contributed by atoms with E-state index < -0.39 is 0 Å². The fourth-order valence-electron chi connectivity index (χ4n) is 0.722. The molecule has 0 unspecified atom stereocenters. The van der Waals surface area contributed by atoms with E-state index in [1.807, 2.05) is 0 Å². The Morgan fingerprint density at radius 3 is 1.78 bits per heavy atom. The predicted molar refractivity (Wildman–Crippen MR) is 48.2 cm³/mol. The van der Waals surface area contributed by atoms with Crippen molar-refractivity contribution in [3.63, 3.8) is 0 Å². The van der Waals surface area contributed by atoms with Gasteiger partial charge in [-0.15, -0.1) is 0 Å². The Labute approximate surface area is 62.4 Å². The van der Waals surface area contributed by atoms with Gasteiger partial charge in [0, 0.05) is 13.1 Å². The van der Waals surface area contributed by atoms with Gasteiger partial charge in [0.05, 0.1) is 0 Å². The van der Waals surface area contributed by atoms with E-state index in [1.54, 1.807) is 0 Å². The molecule has 58 valence electrons. The van der Waals surface area contributed by atoms with Gasteiger partial charge in [-0.3, -0.25) is 0 Å². The first-order chi connectivity index (χ1) is 3.85. The van der Waals surface area contributed by atoms with Crippen LogP contribution in [-0.4, -0.2) is 42.0 Å². The molecule has 0 saturated carbocycles. The van der Waals surface area contributed by atoms with Crippen molar-refractivity contribution in [3.05, 3.63) is 0 Å². The van der Waals surface area contributed by atoms with Gasteiger partial charge in [-0.05, 0) is 24.1 Å². The third-order valence-corrected chi connectivity index (χ3v) is 1.34. The monoisotopic (exact) mass is 148 g/mol. The molecule has 0 aromatic carbocycles. The lowest BCUT2D eigenvalue weighted by Crippen LogP contribution is -2.28. The third kappa shape index (κ3) is 6.02.